The molecule has 1 aliphatic rings. The maximum atomic E-state index is 12.6. The zero-order valence-corrected chi connectivity index (χ0v) is 13.7. The van der Waals surface area contributed by atoms with Gasteiger partial charge in [-0.05, 0) is 18.2 Å². The maximum absolute atomic E-state index is 12.6. The molecule has 0 radical (unpaired) electrons. The van der Waals surface area contributed by atoms with Gasteiger partial charge in [0, 0.05) is 54.1 Å². The second kappa shape index (κ2) is 6.01. The monoisotopic (exact) mass is 336 g/mol. The maximum Gasteiger partial charge on any atom is 0.337 e. The van der Waals surface area contributed by atoms with Crippen LogP contribution in [0.25, 0.3) is 10.9 Å². The summed E-state index contributed by atoms with van der Waals surface area (Å²) in [4.78, 5) is 37.6. The van der Waals surface area contributed by atoms with E-state index >= 15 is 0 Å². The van der Waals surface area contributed by atoms with Crippen molar-refractivity contribution in [1.29, 1.82) is 0 Å². The minimum Gasteiger partial charge on any atom is -0.465 e. The molecule has 1 aliphatic heterocycles. The van der Waals surface area contributed by atoms with E-state index in [4.69, 9.17) is 4.74 Å². The molecule has 25 heavy (non-hydrogen) atoms. The topological polar surface area (TPSA) is 88.2 Å². The third-order valence-corrected chi connectivity index (χ3v) is 4.47. The lowest BCUT2D eigenvalue weighted by Crippen LogP contribution is -2.36. The van der Waals surface area contributed by atoms with E-state index in [0.717, 1.165) is 28.6 Å². The number of carbonyl (C=O) groups excluding carboxylic acids is 2. The lowest BCUT2D eigenvalue weighted by Gasteiger charge is -2.26. The molecule has 0 aliphatic carbocycles. The van der Waals surface area contributed by atoms with Gasteiger partial charge in [0.25, 0.3) is 5.91 Å². The lowest BCUT2D eigenvalue weighted by atomic mass is 10.0. The van der Waals surface area contributed by atoms with Crippen molar-refractivity contribution in [1.82, 2.24) is 19.9 Å². The molecule has 0 bridgehead atoms. The van der Waals surface area contributed by atoms with Crippen LogP contribution in [0.1, 0.15) is 32.1 Å². The van der Waals surface area contributed by atoms with Crippen LogP contribution in [0.4, 0.5) is 0 Å². The molecule has 1 amide bonds. The van der Waals surface area contributed by atoms with E-state index in [2.05, 4.69) is 15.0 Å². The Morgan fingerprint density at radius 2 is 2.16 bits per heavy atom. The molecular formula is C18H16N4O3. The quantitative estimate of drug-likeness (QED) is 0.723. The number of hydrogen-bond donors (Lipinski definition) is 1. The normalized spacial score (nSPS) is 13.6. The molecule has 2 aromatic heterocycles. The second-order valence-electron chi connectivity index (χ2n) is 5.90. The average molecular weight is 336 g/mol. The molecule has 4 rings (SSSR count). The van der Waals surface area contributed by atoms with Crippen LogP contribution in [0.5, 0.6) is 0 Å². The van der Waals surface area contributed by atoms with Gasteiger partial charge >= 0.3 is 5.97 Å². The molecular weight excluding hydrogens is 320 g/mol. The number of H-pyrrole nitrogens is 1. The number of benzene rings is 1. The van der Waals surface area contributed by atoms with Crippen LogP contribution < -0.4 is 0 Å². The number of aromatic nitrogens is 3. The summed E-state index contributed by atoms with van der Waals surface area (Å²) in [5.74, 6) is -0.516. The fraction of sp³-hybridized carbons (Fsp3) is 0.222. The van der Waals surface area contributed by atoms with E-state index in [1.165, 1.54) is 19.5 Å². The smallest absolute Gasteiger partial charge is 0.337 e. The number of fused-ring (bicyclic) bond motifs is 3. The number of nitrogens with one attached hydrogen (secondary N) is 1. The van der Waals surface area contributed by atoms with Gasteiger partial charge in [-0.1, -0.05) is 0 Å². The Morgan fingerprint density at radius 1 is 1.28 bits per heavy atom. The number of carbonyl (C=O) groups is 2. The second-order valence-corrected chi connectivity index (χ2v) is 5.90. The van der Waals surface area contributed by atoms with Gasteiger partial charge in [-0.25, -0.2) is 9.78 Å². The highest BCUT2D eigenvalue weighted by Crippen LogP contribution is 2.29. The Kier molecular flexibility index (Phi) is 3.68. The van der Waals surface area contributed by atoms with Crippen molar-refractivity contribution in [2.45, 2.75) is 13.0 Å². The zero-order valence-electron chi connectivity index (χ0n) is 13.7. The highest BCUT2D eigenvalue weighted by Gasteiger charge is 2.26. The summed E-state index contributed by atoms with van der Waals surface area (Å²) < 4.78 is 4.79. The van der Waals surface area contributed by atoms with Crippen molar-refractivity contribution in [3.63, 3.8) is 0 Å². The van der Waals surface area contributed by atoms with E-state index in [9.17, 15) is 9.59 Å². The molecule has 7 heteroatoms. The minimum absolute atomic E-state index is 0.141. The first-order valence-electron chi connectivity index (χ1n) is 7.94. The lowest BCUT2D eigenvalue weighted by molar-refractivity contribution is 0.0600. The average Bonchev–Trinajstić information content (AvgIpc) is 3.04. The van der Waals surface area contributed by atoms with Crippen molar-refractivity contribution >= 4 is 22.8 Å². The van der Waals surface area contributed by atoms with Crippen LogP contribution >= 0.6 is 0 Å². The molecule has 0 atom stereocenters. The number of esters is 1. The Morgan fingerprint density at radius 3 is 2.92 bits per heavy atom. The highest BCUT2D eigenvalue weighted by molar-refractivity contribution is 5.97. The fourth-order valence-electron chi connectivity index (χ4n) is 3.20. The van der Waals surface area contributed by atoms with Gasteiger partial charge in [-0.2, -0.15) is 0 Å². The van der Waals surface area contributed by atoms with Gasteiger partial charge < -0.3 is 14.6 Å². The summed E-state index contributed by atoms with van der Waals surface area (Å²) in [6.07, 6.45) is 5.25. The van der Waals surface area contributed by atoms with Gasteiger partial charge in [0.05, 0.1) is 18.9 Å². The standard InChI is InChI=1S/C18H16N4O3/c1-25-18(24)11-2-3-14-12(8-11)13-10-22(7-4-15(13)21-14)17(23)16-9-19-5-6-20-16/h2-3,5-6,8-9,21H,4,7,10H2,1H3. The van der Waals surface area contributed by atoms with Crippen LogP contribution in [-0.2, 0) is 17.7 Å². The summed E-state index contributed by atoms with van der Waals surface area (Å²) in [5, 5.41) is 0.939. The van der Waals surface area contributed by atoms with Crippen LogP contribution in [0.15, 0.2) is 36.8 Å². The number of aromatic amines is 1. The number of nitrogens with zero attached hydrogens (tertiary/aromatic N) is 3. The summed E-state index contributed by atoms with van der Waals surface area (Å²) >= 11 is 0. The number of hydrogen-bond acceptors (Lipinski definition) is 5. The van der Waals surface area contributed by atoms with Crippen molar-refractivity contribution in [3.05, 3.63) is 59.3 Å². The largest absolute Gasteiger partial charge is 0.465 e. The molecule has 3 aromatic rings. The first kappa shape index (κ1) is 15.3. The zero-order chi connectivity index (χ0) is 17.4. The number of amides is 1. The summed E-state index contributed by atoms with van der Waals surface area (Å²) in [6, 6.07) is 5.42. The third kappa shape index (κ3) is 2.63. The van der Waals surface area contributed by atoms with Crippen LogP contribution in [-0.4, -0.2) is 45.4 Å². The molecule has 0 saturated carbocycles. The number of ether oxygens (including phenoxy) is 1. The molecule has 0 saturated heterocycles. The van der Waals surface area contributed by atoms with Crippen LogP contribution in [0.3, 0.4) is 0 Å². The first-order valence-corrected chi connectivity index (χ1v) is 7.94. The molecule has 0 spiro atoms. The van der Waals surface area contributed by atoms with E-state index in [1.807, 2.05) is 12.1 Å². The van der Waals surface area contributed by atoms with Crippen molar-refractivity contribution < 1.29 is 14.3 Å². The summed E-state index contributed by atoms with van der Waals surface area (Å²) in [6.45, 7) is 1.08. The molecule has 1 aromatic carbocycles. The van der Waals surface area contributed by atoms with Gasteiger partial charge in [0.15, 0.2) is 0 Å². The SMILES string of the molecule is COC(=O)c1ccc2[nH]c3c(c2c1)CN(C(=O)c1cnccn1)CC3. The highest BCUT2D eigenvalue weighted by atomic mass is 16.5. The number of methoxy groups -OCH3 is 1. The molecule has 3 heterocycles. The third-order valence-electron chi connectivity index (χ3n) is 4.47. The Bertz CT molecular complexity index is 965. The molecule has 0 fully saturated rings. The van der Waals surface area contributed by atoms with Gasteiger partial charge in [0.1, 0.15) is 5.69 Å². The Labute approximate surface area is 143 Å². The van der Waals surface area contributed by atoms with E-state index in [-0.39, 0.29) is 11.9 Å². The summed E-state index contributed by atoms with van der Waals surface area (Å²) in [7, 11) is 1.36. The Balaban J connectivity index is 1.69. The van der Waals surface area contributed by atoms with E-state index in [0.29, 0.717) is 24.3 Å². The number of rotatable bonds is 2. The van der Waals surface area contributed by atoms with Gasteiger partial charge in [-0.3, -0.25) is 9.78 Å². The molecule has 7 nitrogen and oxygen atoms in total. The van der Waals surface area contributed by atoms with Crippen molar-refractivity contribution in [2.24, 2.45) is 0 Å². The van der Waals surface area contributed by atoms with Gasteiger partial charge in [0.2, 0.25) is 0 Å². The van der Waals surface area contributed by atoms with Gasteiger partial charge in [-0.15, -0.1) is 0 Å². The summed E-state index contributed by atoms with van der Waals surface area (Å²) in [5.41, 5.74) is 3.91. The molecule has 0 unspecified atom stereocenters. The van der Waals surface area contributed by atoms with Crippen LogP contribution in [0, 0.1) is 0 Å². The van der Waals surface area contributed by atoms with Crippen LogP contribution in [0.2, 0.25) is 0 Å². The fourth-order valence-corrected chi connectivity index (χ4v) is 3.20. The molecule has 126 valence electrons. The molecule has 1 N–H and O–H groups in total. The van der Waals surface area contributed by atoms with E-state index < -0.39 is 0 Å². The van der Waals surface area contributed by atoms with Crippen molar-refractivity contribution in [3.8, 4) is 0 Å². The predicted molar refractivity (Wildman–Crippen MR) is 90.1 cm³/mol. The Hall–Kier alpha value is -3.22. The van der Waals surface area contributed by atoms with E-state index in [1.54, 1.807) is 17.2 Å². The van der Waals surface area contributed by atoms with Crippen molar-refractivity contribution in [2.75, 3.05) is 13.7 Å². The minimum atomic E-state index is -0.375. The predicted octanol–water partition coefficient (Wildman–Crippen LogP) is 1.94. The first-order chi connectivity index (χ1) is 12.2.